The molecule has 0 amide bonds. The molecule has 1 rings (SSSR count). The van der Waals surface area contributed by atoms with Crippen LogP contribution in [0.2, 0.25) is 0 Å². The van der Waals surface area contributed by atoms with Gasteiger partial charge in [0.1, 0.15) is 0 Å². The average Bonchev–Trinajstić information content (AvgIpc) is 2.56. The summed E-state index contributed by atoms with van der Waals surface area (Å²) in [5.74, 6) is 0.689. The van der Waals surface area contributed by atoms with Gasteiger partial charge >= 0.3 is 0 Å². The van der Waals surface area contributed by atoms with E-state index in [9.17, 15) is 0 Å². The summed E-state index contributed by atoms with van der Waals surface area (Å²) in [6.45, 7) is 8.10. The van der Waals surface area contributed by atoms with Crippen molar-refractivity contribution in [2.75, 3.05) is 13.2 Å². The highest BCUT2D eigenvalue weighted by molar-refractivity contribution is 4.92. The van der Waals surface area contributed by atoms with Crippen molar-refractivity contribution in [3.05, 3.63) is 11.6 Å². The molecule has 0 aliphatic carbocycles. The molecular formula is C12H22O2. The Labute approximate surface area is 87.3 Å². The lowest BCUT2D eigenvalue weighted by Gasteiger charge is -2.14. The molecule has 1 saturated heterocycles. The molecule has 0 aromatic carbocycles. The van der Waals surface area contributed by atoms with Crippen LogP contribution in [0.15, 0.2) is 11.6 Å². The molecule has 0 saturated carbocycles. The van der Waals surface area contributed by atoms with Crippen molar-refractivity contribution in [3.8, 4) is 0 Å². The molecular weight excluding hydrogens is 176 g/mol. The lowest BCUT2D eigenvalue weighted by atomic mass is 10.0. The molecule has 1 aliphatic rings. The largest absolute Gasteiger partial charge is 0.350 e. The van der Waals surface area contributed by atoms with Crippen molar-refractivity contribution < 1.29 is 9.47 Å². The summed E-state index contributed by atoms with van der Waals surface area (Å²) < 4.78 is 10.8. The average molecular weight is 198 g/mol. The Morgan fingerprint density at radius 2 is 2.00 bits per heavy atom. The lowest BCUT2D eigenvalue weighted by molar-refractivity contribution is -0.0560. The summed E-state index contributed by atoms with van der Waals surface area (Å²) in [5, 5.41) is 0. The van der Waals surface area contributed by atoms with E-state index in [1.165, 1.54) is 18.4 Å². The van der Waals surface area contributed by atoms with Gasteiger partial charge in [0.05, 0.1) is 13.2 Å². The zero-order valence-electron chi connectivity index (χ0n) is 9.58. The van der Waals surface area contributed by atoms with Gasteiger partial charge in [0.25, 0.3) is 0 Å². The lowest BCUT2D eigenvalue weighted by Crippen LogP contribution is -2.12. The van der Waals surface area contributed by atoms with Crippen LogP contribution in [0, 0.1) is 5.92 Å². The first-order valence-electron chi connectivity index (χ1n) is 5.55. The van der Waals surface area contributed by atoms with Gasteiger partial charge < -0.3 is 9.47 Å². The van der Waals surface area contributed by atoms with E-state index in [0.29, 0.717) is 5.92 Å². The Hall–Kier alpha value is -0.340. The van der Waals surface area contributed by atoms with Gasteiger partial charge in [-0.25, -0.2) is 0 Å². The van der Waals surface area contributed by atoms with Gasteiger partial charge in [-0.3, -0.25) is 0 Å². The minimum atomic E-state index is 0.0664. The van der Waals surface area contributed by atoms with Crippen LogP contribution >= 0.6 is 0 Å². The monoisotopic (exact) mass is 198 g/mol. The zero-order valence-corrected chi connectivity index (χ0v) is 9.58. The summed E-state index contributed by atoms with van der Waals surface area (Å²) in [6, 6.07) is 0. The van der Waals surface area contributed by atoms with Crippen molar-refractivity contribution in [1.29, 1.82) is 0 Å². The Morgan fingerprint density at radius 3 is 2.57 bits per heavy atom. The Morgan fingerprint density at radius 1 is 1.36 bits per heavy atom. The summed E-state index contributed by atoms with van der Waals surface area (Å²) in [6.07, 6.45) is 5.81. The van der Waals surface area contributed by atoms with Crippen LogP contribution in [0.25, 0.3) is 0 Å². The van der Waals surface area contributed by atoms with Crippen molar-refractivity contribution in [2.24, 2.45) is 5.92 Å². The number of ether oxygens (including phenoxy) is 2. The van der Waals surface area contributed by atoms with Gasteiger partial charge in [0.15, 0.2) is 6.29 Å². The molecule has 1 aliphatic heterocycles. The molecule has 82 valence electrons. The highest BCUT2D eigenvalue weighted by Gasteiger charge is 2.18. The zero-order chi connectivity index (χ0) is 10.4. The Bertz CT molecular complexity index is 177. The van der Waals surface area contributed by atoms with E-state index < -0.39 is 0 Å². The molecule has 0 unspecified atom stereocenters. The second kappa shape index (κ2) is 6.20. The number of allylic oxidation sites excluding steroid dienone is 2. The fourth-order valence-corrected chi connectivity index (χ4v) is 1.65. The number of rotatable bonds is 5. The third kappa shape index (κ3) is 4.77. The molecule has 0 spiro atoms. The van der Waals surface area contributed by atoms with Gasteiger partial charge in [0, 0.05) is 6.42 Å². The van der Waals surface area contributed by atoms with Crippen LogP contribution in [0.3, 0.4) is 0 Å². The van der Waals surface area contributed by atoms with Crippen LogP contribution < -0.4 is 0 Å². The molecule has 2 heteroatoms. The van der Waals surface area contributed by atoms with Crippen LogP contribution in [0.1, 0.15) is 40.0 Å². The molecule has 0 aromatic rings. The van der Waals surface area contributed by atoms with E-state index in [4.69, 9.17) is 9.47 Å². The maximum Gasteiger partial charge on any atom is 0.158 e. The summed E-state index contributed by atoms with van der Waals surface area (Å²) in [4.78, 5) is 0. The smallest absolute Gasteiger partial charge is 0.158 e. The van der Waals surface area contributed by atoms with Crippen molar-refractivity contribution >= 4 is 0 Å². The fraction of sp³-hybridized carbons (Fsp3) is 0.833. The first-order chi connectivity index (χ1) is 6.68. The quantitative estimate of drug-likeness (QED) is 0.632. The molecule has 0 aromatic heterocycles. The predicted molar refractivity (Wildman–Crippen MR) is 58.1 cm³/mol. The number of hydrogen-bond donors (Lipinski definition) is 0. The van der Waals surface area contributed by atoms with Crippen molar-refractivity contribution in [3.63, 3.8) is 0 Å². The van der Waals surface area contributed by atoms with Gasteiger partial charge in [-0.05, 0) is 32.6 Å². The molecule has 0 bridgehead atoms. The second-order valence-electron chi connectivity index (χ2n) is 4.37. The van der Waals surface area contributed by atoms with Gasteiger partial charge in [-0.2, -0.15) is 0 Å². The maximum absolute atomic E-state index is 5.41. The highest BCUT2D eigenvalue weighted by atomic mass is 16.7. The normalized spacial score (nSPS) is 19.6. The predicted octanol–water partition coefficient (Wildman–Crippen LogP) is 3.13. The maximum atomic E-state index is 5.41. The van der Waals surface area contributed by atoms with Gasteiger partial charge in [-0.15, -0.1) is 0 Å². The van der Waals surface area contributed by atoms with Gasteiger partial charge in [-0.1, -0.05) is 18.6 Å². The van der Waals surface area contributed by atoms with E-state index in [0.717, 1.165) is 19.6 Å². The van der Waals surface area contributed by atoms with Crippen LogP contribution in [-0.4, -0.2) is 19.5 Å². The van der Waals surface area contributed by atoms with E-state index >= 15 is 0 Å². The second-order valence-corrected chi connectivity index (χ2v) is 4.37. The summed E-state index contributed by atoms with van der Waals surface area (Å²) in [5.41, 5.74) is 1.41. The molecule has 0 N–H and O–H groups in total. The van der Waals surface area contributed by atoms with E-state index in [2.05, 4.69) is 26.8 Å². The molecule has 2 nitrogen and oxygen atoms in total. The van der Waals surface area contributed by atoms with Gasteiger partial charge in [0.2, 0.25) is 0 Å². The third-order valence-corrected chi connectivity index (χ3v) is 2.50. The van der Waals surface area contributed by atoms with E-state index in [1.54, 1.807) is 0 Å². The van der Waals surface area contributed by atoms with Crippen LogP contribution in [0.4, 0.5) is 0 Å². The summed E-state index contributed by atoms with van der Waals surface area (Å²) in [7, 11) is 0. The molecule has 1 atom stereocenters. The van der Waals surface area contributed by atoms with E-state index in [-0.39, 0.29) is 6.29 Å². The topological polar surface area (TPSA) is 18.5 Å². The number of hydrogen-bond acceptors (Lipinski definition) is 2. The van der Waals surface area contributed by atoms with Crippen LogP contribution in [0.5, 0.6) is 0 Å². The van der Waals surface area contributed by atoms with Crippen molar-refractivity contribution in [2.45, 2.75) is 46.3 Å². The highest BCUT2D eigenvalue weighted by Crippen LogP contribution is 2.18. The first-order valence-corrected chi connectivity index (χ1v) is 5.55. The molecule has 1 heterocycles. The fourth-order valence-electron chi connectivity index (χ4n) is 1.65. The Kier molecular flexibility index (Phi) is 5.20. The molecule has 14 heavy (non-hydrogen) atoms. The standard InChI is InChI=1S/C12H22O2/c1-10(2)5-4-6-11(3)9-12-13-7-8-14-12/h5,11-12H,4,6-9H2,1-3H3/t11-/m1/s1. The molecule has 1 fully saturated rings. The SMILES string of the molecule is CC(C)=CCC[C@@H](C)CC1OCCO1. The molecule has 0 radical (unpaired) electrons. The minimum Gasteiger partial charge on any atom is -0.350 e. The van der Waals surface area contributed by atoms with E-state index in [1.807, 2.05) is 0 Å². The van der Waals surface area contributed by atoms with Crippen LogP contribution in [-0.2, 0) is 9.47 Å². The minimum absolute atomic E-state index is 0.0664. The summed E-state index contributed by atoms with van der Waals surface area (Å²) >= 11 is 0. The van der Waals surface area contributed by atoms with Crippen molar-refractivity contribution in [1.82, 2.24) is 0 Å². The Balaban J connectivity index is 2.09. The first kappa shape index (κ1) is 11.7. The third-order valence-electron chi connectivity index (χ3n) is 2.50.